The number of thiazole rings is 1. The van der Waals surface area contributed by atoms with E-state index in [1.807, 2.05) is 66.4 Å². The predicted octanol–water partition coefficient (Wildman–Crippen LogP) is 4.35. The van der Waals surface area contributed by atoms with Crippen molar-refractivity contribution in [1.29, 1.82) is 0 Å². The van der Waals surface area contributed by atoms with Gasteiger partial charge in [-0.3, -0.25) is 9.69 Å². The van der Waals surface area contributed by atoms with Crippen LogP contribution in [0.1, 0.15) is 11.9 Å². The van der Waals surface area contributed by atoms with Crippen molar-refractivity contribution in [1.82, 2.24) is 14.8 Å². The summed E-state index contributed by atoms with van der Waals surface area (Å²) in [6.45, 7) is 5.70. The van der Waals surface area contributed by atoms with Crippen LogP contribution < -0.4 is 9.47 Å². The largest absolute Gasteiger partial charge is 0.497 e. The van der Waals surface area contributed by atoms with Crippen molar-refractivity contribution in [3.8, 4) is 22.8 Å². The molecular weight excluding hydrogens is 446 g/mol. The van der Waals surface area contributed by atoms with Gasteiger partial charge in [0.15, 0.2) is 6.10 Å². The van der Waals surface area contributed by atoms with Gasteiger partial charge in [0.1, 0.15) is 16.5 Å². The summed E-state index contributed by atoms with van der Waals surface area (Å²) in [5.74, 6) is 1.60. The smallest absolute Gasteiger partial charge is 0.263 e. The Kier molecular flexibility index (Phi) is 8.50. The van der Waals surface area contributed by atoms with Crippen LogP contribution in [0, 0.1) is 0 Å². The van der Waals surface area contributed by atoms with Crippen LogP contribution >= 0.6 is 23.7 Å². The molecule has 170 valence electrons. The number of carbonyl (C=O) groups is 1. The van der Waals surface area contributed by atoms with Gasteiger partial charge in [0.25, 0.3) is 5.91 Å². The summed E-state index contributed by atoms with van der Waals surface area (Å²) in [5.41, 5.74) is 2.08. The number of rotatable bonds is 7. The number of piperazine rings is 1. The van der Waals surface area contributed by atoms with Gasteiger partial charge in [0.05, 0.1) is 19.3 Å². The number of nitrogens with zero attached hydrogens (tertiary/aromatic N) is 3. The topological polar surface area (TPSA) is 54.9 Å². The molecule has 2 heterocycles. The number of amides is 1. The van der Waals surface area contributed by atoms with E-state index in [1.165, 1.54) is 0 Å². The average Bonchev–Trinajstić information content (AvgIpc) is 3.28. The standard InChI is InChI=1S/C24H27N3O3S.ClH/c1-18(30-21-6-4-3-5-7-21)24(28)27-14-12-26(13-15-27)16-23-25-22(17-31-23)19-8-10-20(29-2)11-9-19;/h3-11,17-18H,12-16H2,1-2H3;1H. The Labute approximate surface area is 199 Å². The molecule has 1 aliphatic heterocycles. The van der Waals surface area contributed by atoms with Gasteiger partial charge in [-0.2, -0.15) is 0 Å². The highest BCUT2D eigenvalue weighted by atomic mass is 35.5. The van der Waals surface area contributed by atoms with Crippen molar-refractivity contribution in [2.24, 2.45) is 0 Å². The van der Waals surface area contributed by atoms with Crippen LogP contribution in [0.15, 0.2) is 60.0 Å². The van der Waals surface area contributed by atoms with E-state index < -0.39 is 6.10 Å². The zero-order valence-corrected chi connectivity index (χ0v) is 19.9. The number of ether oxygens (including phenoxy) is 2. The molecule has 4 rings (SSSR count). The Hall–Kier alpha value is -2.61. The van der Waals surface area contributed by atoms with Crippen LogP contribution in [0.25, 0.3) is 11.3 Å². The zero-order chi connectivity index (χ0) is 21.6. The SMILES string of the molecule is COc1ccc(-c2csc(CN3CCN(C(=O)C(C)Oc4ccccc4)CC3)n2)cc1.Cl. The van der Waals surface area contributed by atoms with Crippen LogP contribution in [0.5, 0.6) is 11.5 Å². The minimum absolute atomic E-state index is 0. The lowest BCUT2D eigenvalue weighted by molar-refractivity contribution is -0.139. The maximum Gasteiger partial charge on any atom is 0.263 e. The molecule has 0 bridgehead atoms. The first-order valence-electron chi connectivity index (χ1n) is 10.4. The molecule has 0 N–H and O–H groups in total. The van der Waals surface area contributed by atoms with Crippen molar-refractivity contribution >= 4 is 29.7 Å². The molecule has 0 saturated carbocycles. The second-order valence-corrected chi connectivity index (χ2v) is 8.47. The molecule has 1 aliphatic rings. The van der Waals surface area contributed by atoms with Crippen LogP contribution in [-0.4, -0.2) is 60.1 Å². The summed E-state index contributed by atoms with van der Waals surface area (Å²) >= 11 is 1.68. The van der Waals surface area contributed by atoms with E-state index in [9.17, 15) is 4.79 Å². The number of hydrogen-bond acceptors (Lipinski definition) is 6. The minimum Gasteiger partial charge on any atom is -0.497 e. The van der Waals surface area contributed by atoms with Crippen LogP contribution in [0.3, 0.4) is 0 Å². The fraction of sp³-hybridized carbons (Fsp3) is 0.333. The Morgan fingerprint density at radius 2 is 1.72 bits per heavy atom. The summed E-state index contributed by atoms with van der Waals surface area (Å²) in [5, 5.41) is 3.19. The summed E-state index contributed by atoms with van der Waals surface area (Å²) in [7, 11) is 1.67. The maximum absolute atomic E-state index is 12.7. The van der Waals surface area contributed by atoms with Gasteiger partial charge >= 0.3 is 0 Å². The Balaban J connectivity index is 0.00000289. The summed E-state index contributed by atoms with van der Waals surface area (Å²) in [6, 6.07) is 17.4. The van der Waals surface area contributed by atoms with E-state index in [1.54, 1.807) is 18.4 Å². The van der Waals surface area contributed by atoms with E-state index in [-0.39, 0.29) is 18.3 Å². The van der Waals surface area contributed by atoms with Crippen LogP contribution in [0.4, 0.5) is 0 Å². The molecule has 0 radical (unpaired) electrons. The quantitative estimate of drug-likeness (QED) is 0.510. The van der Waals surface area contributed by atoms with Crippen LogP contribution in [0.2, 0.25) is 0 Å². The number of aromatic nitrogens is 1. The highest BCUT2D eigenvalue weighted by Crippen LogP contribution is 2.25. The third kappa shape index (κ3) is 6.00. The van der Waals surface area contributed by atoms with E-state index in [0.717, 1.165) is 47.4 Å². The summed E-state index contributed by atoms with van der Waals surface area (Å²) < 4.78 is 11.0. The van der Waals surface area contributed by atoms with Crippen molar-refractivity contribution in [3.63, 3.8) is 0 Å². The zero-order valence-electron chi connectivity index (χ0n) is 18.3. The fourth-order valence-corrected chi connectivity index (χ4v) is 4.45. The van der Waals surface area contributed by atoms with Crippen molar-refractivity contribution in [3.05, 3.63) is 65.0 Å². The van der Waals surface area contributed by atoms with Crippen LogP contribution in [-0.2, 0) is 11.3 Å². The molecule has 1 unspecified atom stereocenters. The highest BCUT2D eigenvalue weighted by molar-refractivity contribution is 7.09. The monoisotopic (exact) mass is 473 g/mol. The lowest BCUT2D eigenvalue weighted by Gasteiger charge is -2.35. The third-order valence-electron chi connectivity index (χ3n) is 5.38. The highest BCUT2D eigenvalue weighted by Gasteiger charge is 2.26. The number of methoxy groups -OCH3 is 1. The van der Waals surface area contributed by atoms with Gasteiger partial charge in [-0.25, -0.2) is 4.98 Å². The predicted molar refractivity (Wildman–Crippen MR) is 130 cm³/mol. The van der Waals surface area contributed by atoms with Gasteiger partial charge in [0, 0.05) is 37.1 Å². The average molecular weight is 474 g/mol. The lowest BCUT2D eigenvalue weighted by atomic mass is 10.2. The van der Waals surface area contributed by atoms with Crippen molar-refractivity contribution in [2.75, 3.05) is 33.3 Å². The molecule has 0 spiro atoms. The molecule has 8 heteroatoms. The first-order valence-corrected chi connectivity index (χ1v) is 11.3. The number of benzene rings is 2. The van der Waals surface area contributed by atoms with Gasteiger partial charge in [0.2, 0.25) is 0 Å². The number of para-hydroxylation sites is 1. The molecule has 1 amide bonds. The fourth-order valence-electron chi connectivity index (χ4n) is 3.61. The molecule has 1 saturated heterocycles. The second-order valence-electron chi connectivity index (χ2n) is 7.53. The summed E-state index contributed by atoms with van der Waals surface area (Å²) in [4.78, 5) is 21.8. The van der Waals surface area contributed by atoms with E-state index in [0.29, 0.717) is 13.1 Å². The Bertz CT molecular complexity index is 989. The second kappa shape index (κ2) is 11.3. The molecule has 6 nitrogen and oxygen atoms in total. The third-order valence-corrected chi connectivity index (χ3v) is 6.22. The van der Waals surface area contributed by atoms with Gasteiger partial charge in [-0.1, -0.05) is 18.2 Å². The van der Waals surface area contributed by atoms with Gasteiger partial charge in [-0.05, 0) is 43.3 Å². The molecule has 3 aromatic rings. The molecule has 1 aromatic heterocycles. The van der Waals surface area contributed by atoms with Gasteiger partial charge in [-0.15, -0.1) is 23.7 Å². The first-order chi connectivity index (χ1) is 15.1. The number of carbonyl (C=O) groups excluding carboxylic acids is 1. The Morgan fingerprint density at radius 3 is 2.38 bits per heavy atom. The summed E-state index contributed by atoms with van der Waals surface area (Å²) in [6.07, 6.45) is -0.486. The molecule has 1 atom stereocenters. The van der Waals surface area contributed by atoms with Crippen molar-refractivity contribution < 1.29 is 14.3 Å². The number of halogens is 1. The van der Waals surface area contributed by atoms with E-state index >= 15 is 0 Å². The first kappa shape index (κ1) is 24.0. The molecular formula is C24H28ClN3O3S. The molecule has 32 heavy (non-hydrogen) atoms. The lowest BCUT2D eigenvalue weighted by Crippen LogP contribution is -2.51. The molecule has 0 aliphatic carbocycles. The normalized spacial score (nSPS) is 15.0. The Morgan fingerprint density at radius 1 is 1.03 bits per heavy atom. The van der Waals surface area contributed by atoms with Crippen molar-refractivity contribution in [2.45, 2.75) is 19.6 Å². The molecule has 2 aromatic carbocycles. The van der Waals surface area contributed by atoms with E-state index in [2.05, 4.69) is 10.3 Å². The number of hydrogen-bond donors (Lipinski definition) is 0. The minimum atomic E-state index is -0.486. The van der Waals surface area contributed by atoms with Gasteiger partial charge < -0.3 is 14.4 Å². The molecule has 1 fully saturated rings. The maximum atomic E-state index is 12.7. The van der Waals surface area contributed by atoms with E-state index in [4.69, 9.17) is 14.5 Å².